The van der Waals surface area contributed by atoms with Gasteiger partial charge in [-0.1, -0.05) is 12.1 Å². The lowest BCUT2D eigenvalue weighted by Crippen LogP contribution is -2.39. The molecule has 0 unspecified atom stereocenters. The van der Waals surface area contributed by atoms with Crippen molar-refractivity contribution in [2.75, 3.05) is 6.61 Å². The first-order chi connectivity index (χ1) is 15.9. The first-order valence-corrected chi connectivity index (χ1v) is 11.6. The fraction of sp³-hybridized carbons (Fsp3) is 0.346. The van der Waals surface area contributed by atoms with Gasteiger partial charge in [0.25, 0.3) is 0 Å². The summed E-state index contributed by atoms with van der Waals surface area (Å²) in [4.78, 5) is 14.0. The zero-order chi connectivity index (χ0) is 25.1. The number of rotatable bonds is 8. The van der Waals surface area contributed by atoms with Crippen molar-refractivity contribution in [1.29, 1.82) is 0 Å². The molecule has 0 bridgehead atoms. The number of alkyl halides is 3. The number of esters is 1. The van der Waals surface area contributed by atoms with Crippen molar-refractivity contribution in [3.63, 3.8) is 0 Å². The smallest absolute Gasteiger partial charge is 0.416 e. The van der Waals surface area contributed by atoms with Crippen LogP contribution >= 0.6 is 11.3 Å². The predicted octanol–water partition coefficient (Wildman–Crippen LogP) is 7.35. The maximum Gasteiger partial charge on any atom is 0.416 e. The van der Waals surface area contributed by atoms with Crippen molar-refractivity contribution in [3.8, 4) is 21.9 Å². The number of ether oxygens (including phenoxy) is 3. The molecule has 0 saturated carbocycles. The minimum Gasteiger partial charge on any atom is -0.489 e. The van der Waals surface area contributed by atoms with Crippen LogP contribution in [0.15, 0.2) is 48.5 Å². The summed E-state index contributed by atoms with van der Waals surface area (Å²) in [6, 6.07) is 12.4. The SMILES string of the molecule is CCOC(=O)C(C)(C)Oc1ccc(OCc2cc(-c3ccc(C(F)(F)F)cc3)sc2C)cc1C. The van der Waals surface area contributed by atoms with Crippen LogP contribution in [0.2, 0.25) is 0 Å². The molecule has 2 aromatic carbocycles. The fourth-order valence-corrected chi connectivity index (χ4v) is 4.27. The Kier molecular flexibility index (Phi) is 7.60. The summed E-state index contributed by atoms with van der Waals surface area (Å²) in [7, 11) is 0. The summed E-state index contributed by atoms with van der Waals surface area (Å²) in [6.45, 7) is 9.47. The van der Waals surface area contributed by atoms with Gasteiger partial charge in [-0.15, -0.1) is 11.3 Å². The van der Waals surface area contributed by atoms with E-state index < -0.39 is 23.3 Å². The molecule has 0 aliphatic heterocycles. The van der Waals surface area contributed by atoms with Gasteiger partial charge in [0.15, 0.2) is 5.60 Å². The van der Waals surface area contributed by atoms with Gasteiger partial charge in [-0.3, -0.25) is 0 Å². The molecule has 4 nitrogen and oxygen atoms in total. The highest BCUT2D eigenvalue weighted by Gasteiger charge is 2.32. The van der Waals surface area contributed by atoms with Gasteiger partial charge in [-0.05, 0) is 82.1 Å². The van der Waals surface area contributed by atoms with Crippen LogP contribution in [-0.2, 0) is 22.3 Å². The Morgan fingerprint density at radius 1 is 1.00 bits per heavy atom. The highest BCUT2D eigenvalue weighted by molar-refractivity contribution is 7.15. The summed E-state index contributed by atoms with van der Waals surface area (Å²) >= 11 is 1.51. The third-order valence-corrected chi connectivity index (χ3v) is 6.33. The molecule has 0 saturated heterocycles. The fourth-order valence-electron chi connectivity index (χ4n) is 3.24. The van der Waals surface area contributed by atoms with Crippen molar-refractivity contribution in [3.05, 3.63) is 70.1 Å². The van der Waals surface area contributed by atoms with Crippen LogP contribution in [0, 0.1) is 13.8 Å². The average molecular weight is 493 g/mol. The van der Waals surface area contributed by atoms with Crippen molar-refractivity contribution in [2.24, 2.45) is 0 Å². The molecule has 0 N–H and O–H groups in total. The molecule has 0 aliphatic carbocycles. The molecule has 1 heterocycles. The lowest BCUT2D eigenvalue weighted by Gasteiger charge is -2.25. The average Bonchev–Trinajstić information content (AvgIpc) is 3.14. The number of hydrogen-bond donors (Lipinski definition) is 0. The molecular weight excluding hydrogens is 465 g/mol. The van der Waals surface area contributed by atoms with Crippen LogP contribution in [0.1, 0.15) is 42.3 Å². The van der Waals surface area contributed by atoms with Crippen LogP contribution in [0.5, 0.6) is 11.5 Å². The summed E-state index contributed by atoms with van der Waals surface area (Å²) in [5, 5.41) is 0. The Morgan fingerprint density at radius 3 is 2.26 bits per heavy atom. The molecule has 0 aliphatic rings. The lowest BCUT2D eigenvalue weighted by atomic mass is 10.1. The molecule has 0 fully saturated rings. The van der Waals surface area contributed by atoms with E-state index >= 15 is 0 Å². The van der Waals surface area contributed by atoms with Crippen LogP contribution in [0.3, 0.4) is 0 Å². The number of aryl methyl sites for hydroxylation is 2. The van der Waals surface area contributed by atoms with Gasteiger partial charge in [0.2, 0.25) is 0 Å². The number of halogens is 3. The quantitative estimate of drug-likeness (QED) is 0.309. The van der Waals surface area contributed by atoms with Crippen LogP contribution < -0.4 is 9.47 Å². The summed E-state index contributed by atoms with van der Waals surface area (Å²) < 4.78 is 55.3. The number of carbonyl (C=O) groups is 1. The normalized spacial score (nSPS) is 11.9. The van der Waals surface area contributed by atoms with E-state index in [1.165, 1.54) is 23.5 Å². The largest absolute Gasteiger partial charge is 0.489 e. The first kappa shape index (κ1) is 25.6. The Morgan fingerprint density at radius 2 is 1.68 bits per heavy atom. The van der Waals surface area contributed by atoms with Gasteiger partial charge in [0.1, 0.15) is 18.1 Å². The van der Waals surface area contributed by atoms with Gasteiger partial charge in [0, 0.05) is 15.3 Å². The number of hydrogen-bond acceptors (Lipinski definition) is 5. The zero-order valence-corrected chi connectivity index (χ0v) is 20.5. The number of carbonyl (C=O) groups excluding carboxylic acids is 1. The zero-order valence-electron chi connectivity index (χ0n) is 19.7. The van der Waals surface area contributed by atoms with Crippen molar-refractivity contribution in [2.45, 2.75) is 53.0 Å². The maximum absolute atomic E-state index is 12.8. The number of benzene rings is 2. The van der Waals surface area contributed by atoms with Crippen molar-refractivity contribution < 1.29 is 32.2 Å². The van der Waals surface area contributed by atoms with E-state index in [0.717, 1.165) is 38.6 Å². The Bertz CT molecular complexity index is 1150. The molecule has 3 rings (SSSR count). The lowest BCUT2D eigenvalue weighted by molar-refractivity contribution is -0.158. The van der Waals surface area contributed by atoms with Crippen molar-refractivity contribution in [1.82, 2.24) is 0 Å². The highest BCUT2D eigenvalue weighted by atomic mass is 32.1. The van der Waals surface area contributed by atoms with E-state index in [1.807, 2.05) is 26.0 Å². The second-order valence-corrected chi connectivity index (χ2v) is 9.57. The number of thiophene rings is 1. The van der Waals surface area contributed by atoms with Crippen LogP contribution in [-0.4, -0.2) is 18.2 Å². The van der Waals surface area contributed by atoms with Gasteiger partial charge < -0.3 is 14.2 Å². The Balaban J connectivity index is 1.67. The minimum absolute atomic E-state index is 0.278. The Hall–Kier alpha value is -3.00. The van der Waals surface area contributed by atoms with E-state index in [4.69, 9.17) is 14.2 Å². The summed E-state index contributed by atoms with van der Waals surface area (Å²) in [5.41, 5.74) is 0.713. The van der Waals surface area contributed by atoms with E-state index in [1.54, 1.807) is 32.9 Å². The molecule has 8 heteroatoms. The monoisotopic (exact) mass is 492 g/mol. The molecule has 3 aromatic rings. The van der Waals surface area contributed by atoms with E-state index in [9.17, 15) is 18.0 Å². The minimum atomic E-state index is -4.35. The standard InChI is InChI=1S/C26H27F3O4S/c1-6-31-24(30)25(4,5)33-22-12-11-21(13-16(22)2)32-15-19-14-23(34-17(19)3)18-7-9-20(10-8-18)26(27,28)29/h7-14H,6,15H2,1-5H3. The molecule has 34 heavy (non-hydrogen) atoms. The van der Waals surface area contributed by atoms with E-state index in [0.29, 0.717) is 18.1 Å². The van der Waals surface area contributed by atoms with Gasteiger partial charge >= 0.3 is 12.1 Å². The molecular formula is C26H27F3O4S. The predicted molar refractivity (Wildman–Crippen MR) is 126 cm³/mol. The van der Waals surface area contributed by atoms with Gasteiger partial charge in [-0.2, -0.15) is 13.2 Å². The van der Waals surface area contributed by atoms with E-state index in [-0.39, 0.29) is 6.61 Å². The van der Waals surface area contributed by atoms with E-state index in [2.05, 4.69) is 0 Å². The molecule has 0 spiro atoms. The molecule has 0 atom stereocenters. The second kappa shape index (κ2) is 10.1. The summed E-state index contributed by atoms with van der Waals surface area (Å²) in [6.07, 6.45) is -4.35. The molecule has 1 aromatic heterocycles. The van der Waals surface area contributed by atoms with Gasteiger partial charge in [-0.25, -0.2) is 4.79 Å². The second-order valence-electron chi connectivity index (χ2n) is 8.32. The molecule has 182 valence electrons. The highest BCUT2D eigenvalue weighted by Crippen LogP contribution is 2.35. The summed E-state index contributed by atoms with van der Waals surface area (Å²) in [5.74, 6) is 0.758. The van der Waals surface area contributed by atoms with Crippen LogP contribution in [0.25, 0.3) is 10.4 Å². The third-order valence-electron chi connectivity index (χ3n) is 5.19. The molecule has 0 radical (unpaired) electrons. The van der Waals surface area contributed by atoms with Crippen molar-refractivity contribution >= 4 is 17.3 Å². The van der Waals surface area contributed by atoms with Gasteiger partial charge in [0.05, 0.1) is 12.2 Å². The Labute approximate surface area is 201 Å². The maximum atomic E-state index is 12.8. The molecule has 0 amide bonds. The first-order valence-electron chi connectivity index (χ1n) is 10.8. The topological polar surface area (TPSA) is 44.8 Å². The third kappa shape index (κ3) is 6.11. The van der Waals surface area contributed by atoms with Crippen LogP contribution in [0.4, 0.5) is 13.2 Å².